The third-order valence-corrected chi connectivity index (χ3v) is 7.12. The van der Waals surface area contributed by atoms with Gasteiger partial charge in [0.15, 0.2) is 29.0 Å². The van der Waals surface area contributed by atoms with Gasteiger partial charge in [-0.1, -0.05) is 31.2 Å². The van der Waals surface area contributed by atoms with Crippen molar-refractivity contribution in [3.8, 4) is 0 Å². The molecule has 3 aliphatic rings. The summed E-state index contributed by atoms with van der Waals surface area (Å²) in [5.74, 6) is 0.724. The minimum Gasteiger partial charge on any atom is -0.388 e. The van der Waals surface area contributed by atoms with Gasteiger partial charge in [-0.05, 0) is 30.0 Å². The highest BCUT2D eigenvalue weighted by atomic mass is 35.5. The van der Waals surface area contributed by atoms with E-state index in [1.807, 2.05) is 36.1 Å². The van der Waals surface area contributed by atoms with Crippen molar-refractivity contribution >= 4 is 34.4 Å². The molecule has 1 aliphatic carbocycles. The smallest absolute Gasteiger partial charge is 0.226 e. The van der Waals surface area contributed by atoms with Gasteiger partial charge in [0.1, 0.15) is 12.2 Å². The van der Waals surface area contributed by atoms with Crippen LogP contribution in [0.1, 0.15) is 35.5 Å². The summed E-state index contributed by atoms with van der Waals surface area (Å²) in [5.41, 5.74) is 2.37. The predicted molar refractivity (Wildman–Crippen MR) is 116 cm³/mol. The van der Waals surface area contributed by atoms with Crippen LogP contribution in [-0.2, 0) is 11.2 Å². The first-order chi connectivity index (χ1) is 15.4. The van der Waals surface area contributed by atoms with Crippen LogP contribution in [0.3, 0.4) is 0 Å². The number of ketones is 1. The van der Waals surface area contributed by atoms with E-state index >= 15 is 0 Å². The number of nitrogens with zero attached hydrogens (tertiary/aromatic N) is 5. The molecule has 6 rings (SSSR count). The van der Waals surface area contributed by atoms with Gasteiger partial charge >= 0.3 is 0 Å². The molecule has 1 spiro atoms. The Balaban J connectivity index is 1.32. The van der Waals surface area contributed by atoms with Crippen molar-refractivity contribution in [3.05, 3.63) is 47.0 Å². The van der Waals surface area contributed by atoms with E-state index in [2.05, 4.69) is 15.0 Å². The van der Waals surface area contributed by atoms with E-state index < -0.39 is 30.0 Å². The fourth-order valence-electron chi connectivity index (χ4n) is 5.30. The number of hydrogen-bond acceptors (Lipinski definition) is 8. The van der Waals surface area contributed by atoms with Crippen molar-refractivity contribution in [1.82, 2.24) is 19.5 Å². The second-order valence-corrected chi connectivity index (χ2v) is 9.23. The summed E-state index contributed by atoms with van der Waals surface area (Å²) in [5, 5.41) is 20.8. The molecule has 2 aromatic heterocycles. The van der Waals surface area contributed by atoms with E-state index in [4.69, 9.17) is 16.3 Å². The van der Waals surface area contributed by atoms with Crippen LogP contribution in [0.4, 0.5) is 5.82 Å². The first-order valence-electron chi connectivity index (χ1n) is 10.7. The fraction of sp³-hybridized carbons (Fsp3) is 0.455. The van der Waals surface area contributed by atoms with Gasteiger partial charge in [0.2, 0.25) is 5.28 Å². The van der Waals surface area contributed by atoms with E-state index in [-0.39, 0.29) is 11.1 Å². The maximum atomic E-state index is 13.0. The van der Waals surface area contributed by atoms with E-state index in [1.165, 1.54) is 6.33 Å². The molecule has 10 heteroatoms. The average Bonchev–Trinajstić information content (AvgIpc) is 3.40. The van der Waals surface area contributed by atoms with Crippen molar-refractivity contribution < 1.29 is 19.7 Å². The van der Waals surface area contributed by atoms with Crippen molar-refractivity contribution in [2.24, 2.45) is 5.41 Å². The molecular formula is C22H22ClN5O4. The third-order valence-electron chi connectivity index (χ3n) is 6.95. The van der Waals surface area contributed by atoms with Gasteiger partial charge in [-0.25, -0.2) is 4.98 Å². The van der Waals surface area contributed by atoms with E-state index in [0.717, 1.165) is 11.1 Å². The largest absolute Gasteiger partial charge is 0.388 e. The molecule has 1 aromatic carbocycles. The summed E-state index contributed by atoms with van der Waals surface area (Å²) in [6, 6.07) is 7.76. The second-order valence-electron chi connectivity index (χ2n) is 8.89. The number of Topliss-reactive ketones (excluding diaryl/α,β-unsaturated/α-hetero) is 1. The van der Waals surface area contributed by atoms with Crippen LogP contribution in [0.25, 0.3) is 11.2 Å². The number of halogens is 1. The highest BCUT2D eigenvalue weighted by Crippen LogP contribution is 2.46. The van der Waals surface area contributed by atoms with Gasteiger partial charge in [-0.2, -0.15) is 9.97 Å². The highest BCUT2D eigenvalue weighted by Gasteiger charge is 2.54. The summed E-state index contributed by atoms with van der Waals surface area (Å²) in [4.78, 5) is 28.2. The summed E-state index contributed by atoms with van der Waals surface area (Å²) >= 11 is 6.25. The fourth-order valence-corrected chi connectivity index (χ4v) is 5.46. The van der Waals surface area contributed by atoms with Gasteiger partial charge in [-0.15, -0.1) is 0 Å². The van der Waals surface area contributed by atoms with E-state index in [0.29, 0.717) is 42.9 Å². The molecular weight excluding hydrogens is 434 g/mol. The first-order valence-corrected chi connectivity index (χ1v) is 11.1. The third kappa shape index (κ3) is 2.68. The zero-order valence-corrected chi connectivity index (χ0v) is 18.1. The average molecular weight is 456 g/mol. The lowest BCUT2D eigenvalue weighted by atomic mass is 9.76. The summed E-state index contributed by atoms with van der Waals surface area (Å²) < 4.78 is 7.44. The molecule has 9 nitrogen and oxygen atoms in total. The number of rotatable bonds is 3. The number of imidazole rings is 1. The number of carbonyl (C=O) groups is 1. The van der Waals surface area contributed by atoms with Crippen LogP contribution >= 0.6 is 11.6 Å². The van der Waals surface area contributed by atoms with Gasteiger partial charge in [0.25, 0.3) is 0 Å². The van der Waals surface area contributed by atoms with Crippen molar-refractivity contribution in [1.29, 1.82) is 0 Å². The molecule has 166 valence electrons. The number of hydrogen-bond donors (Lipinski definition) is 2. The maximum absolute atomic E-state index is 13.0. The molecule has 0 amide bonds. The normalized spacial score (nSPS) is 28.5. The predicted octanol–water partition coefficient (Wildman–Crippen LogP) is 1.75. The minimum absolute atomic E-state index is 0.0383. The van der Waals surface area contributed by atoms with Crippen molar-refractivity contribution in [2.75, 3.05) is 18.0 Å². The molecule has 2 unspecified atom stereocenters. The van der Waals surface area contributed by atoms with E-state index in [1.54, 1.807) is 4.57 Å². The summed E-state index contributed by atoms with van der Waals surface area (Å²) in [7, 11) is 0. The van der Waals surface area contributed by atoms with Crippen LogP contribution in [0.15, 0.2) is 30.6 Å². The Morgan fingerprint density at radius 2 is 2.00 bits per heavy atom. The Bertz CT molecular complexity index is 1240. The zero-order valence-electron chi connectivity index (χ0n) is 17.3. The lowest BCUT2D eigenvalue weighted by Gasteiger charge is -2.47. The molecule has 0 bridgehead atoms. The standard InChI is InChI=1S/C22H22ClN5O4/c1-2-13-15(29)16(30)20(32-13)28-10-24-14-18(25-21(23)26-19(14)28)27-8-22(9-27)7-11-5-3-4-6-12(11)17(22)31/h3-6,10,13,15-16,20,29-30H,2,7-9H2,1H3/t13-,15?,16?,20-/m1/s1. The van der Waals surface area contributed by atoms with Crippen LogP contribution in [0.5, 0.6) is 0 Å². The van der Waals surface area contributed by atoms with Crippen LogP contribution in [0, 0.1) is 5.41 Å². The molecule has 2 N–H and O–H groups in total. The number of ether oxygens (including phenoxy) is 1. The van der Waals surface area contributed by atoms with Crippen LogP contribution in [-0.4, -0.2) is 66.9 Å². The molecule has 4 atom stereocenters. The Labute approximate surface area is 188 Å². The Morgan fingerprint density at radius 1 is 1.22 bits per heavy atom. The highest BCUT2D eigenvalue weighted by molar-refractivity contribution is 6.28. The molecule has 0 saturated carbocycles. The lowest BCUT2D eigenvalue weighted by molar-refractivity contribution is -0.0355. The Morgan fingerprint density at radius 3 is 2.72 bits per heavy atom. The molecule has 2 saturated heterocycles. The number of fused-ring (bicyclic) bond motifs is 2. The topological polar surface area (TPSA) is 114 Å². The maximum Gasteiger partial charge on any atom is 0.226 e. The zero-order chi connectivity index (χ0) is 22.2. The second kappa shape index (κ2) is 6.95. The molecule has 2 aliphatic heterocycles. The molecule has 32 heavy (non-hydrogen) atoms. The first kappa shape index (κ1) is 20.0. The quantitative estimate of drug-likeness (QED) is 0.574. The summed E-state index contributed by atoms with van der Waals surface area (Å²) in [6.45, 7) is 2.93. The van der Waals surface area contributed by atoms with Gasteiger partial charge in [0.05, 0.1) is 17.8 Å². The van der Waals surface area contributed by atoms with Crippen molar-refractivity contribution in [3.63, 3.8) is 0 Å². The number of benzene rings is 1. The Kier molecular flexibility index (Phi) is 4.36. The number of anilines is 1. The van der Waals surface area contributed by atoms with Crippen LogP contribution < -0.4 is 4.90 Å². The number of aliphatic hydroxyl groups is 2. The van der Waals surface area contributed by atoms with E-state index in [9.17, 15) is 15.0 Å². The lowest BCUT2D eigenvalue weighted by Crippen LogP contribution is -2.60. The molecule has 2 fully saturated rings. The van der Waals surface area contributed by atoms with Gasteiger partial charge in [-0.3, -0.25) is 9.36 Å². The monoisotopic (exact) mass is 455 g/mol. The Hall–Kier alpha value is -2.59. The van der Waals surface area contributed by atoms with Gasteiger partial charge in [0, 0.05) is 18.7 Å². The van der Waals surface area contributed by atoms with Gasteiger partial charge < -0.3 is 19.8 Å². The molecule has 0 radical (unpaired) electrons. The minimum atomic E-state index is -1.11. The number of carbonyl (C=O) groups excluding carboxylic acids is 1. The number of aromatic nitrogens is 4. The number of aliphatic hydroxyl groups excluding tert-OH is 2. The molecule has 3 aromatic rings. The summed E-state index contributed by atoms with van der Waals surface area (Å²) in [6.07, 6.45) is -0.617. The van der Waals surface area contributed by atoms with Crippen molar-refractivity contribution in [2.45, 2.75) is 44.3 Å². The van der Waals surface area contributed by atoms with Crippen LogP contribution in [0.2, 0.25) is 5.28 Å². The molecule has 4 heterocycles. The SMILES string of the molecule is CC[C@H]1O[C@@H](n2cnc3c(N4CC5(Cc6ccccc6C5=O)C4)nc(Cl)nc32)C(O)C1O.